The summed E-state index contributed by atoms with van der Waals surface area (Å²) in [5.41, 5.74) is 1.36. The van der Waals surface area contributed by atoms with Crippen molar-refractivity contribution >= 4 is 11.9 Å². The smallest absolute Gasteiger partial charge is 0.276 e. The summed E-state index contributed by atoms with van der Waals surface area (Å²) in [7, 11) is 0. The van der Waals surface area contributed by atoms with Crippen LogP contribution in [-0.2, 0) is 13.1 Å². The van der Waals surface area contributed by atoms with Crippen molar-refractivity contribution in [2.75, 3.05) is 18.4 Å². The summed E-state index contributed by atoms with van der Waals surface area (Å²) in [6.45, 7) is 4.40. The van der Waals surface area contributed by atoms with Gasteiger partial charge in [-0.25, -0.2) is 9.97 Å². The minimum atomic E-state index is -0.120. The highest BCUT2D eigenvalue weighted by Crippen LogP contribution is 2.20. The SMILES string of the molecule is Cc1cc(C(=O)N2Cc3ccnn3C[C@@H](CCNc3ncccn3)C2)no1. The van der Waals surface area contributed by atoms with Gasteiger partial charge in [-0.05, 0) is 31.4 Å². The van der Waals surface area contributed by atoms with Gasteiger partial charge in [0.05, 0.1) is 12.2 Å². The number of hydrogen-bond acceptors (Lipinski definition) is 7. The van der Waals surface area contributed by atoms with E-state index in [-0.39, 0.29) is 11.8 Å². The van der Waals surface area contributed by atoms with Gasteiger partial charge in [0.25, 0.3) is 5.91 Å². The number of fused-ring (bicyclic) bond motifs is 1. The maximum atomic E-state index is 12.9. The van der Waals surface area contributed by atoms with Crippen LogP contribution in [0.4, 0.5) is 5.95 Å². The maximum absolute atomic E-state index is 12.9. The lowest BCUT2D eigenvalue weighted by atomic mass is 10.1. The second kappa shape index (κ2) is 7.56. The fourth-order valence-electron chi connectivity index (χ4n) is 3.28. The Labute approximate surface area is 156 Å². The third-order valence-corrected chi connectivity index (χ3v) is 4.60. The summed E-state index contributed by atoms with van der Waals surface area (Å²) in [6.07, 6.45) is 6.05. The summed E-state index contributed by atoms with van der Waals surface area (Å²) in [5.74, 6) is 1.36. The van der Waals surface area contributed by atoms with E-state index < -0.39 is 0 Å². The van der Waals surface area contributed by atoms with E-state index in [0.29, 0.717) is 30.5 Å². The van der Waals surface area contributed by atoms with E-state index in [0.717, 1.165) is 25.2 Å². The van der Waals surface area contributed by atoms with Gasteiger partial charge in [0.15, 0.2) is 5.69 Å². The predicted octanol–water partition coefficient (Wildman–Crippen LogP) is 1.74. The number of carbonyl (C=O) groups excluding carboxylic acids is 1. The van der Waals surface area contributed by atoms with Gasteiger partial charge < -0.3 is 14.7 Å². The van der Waals surface area contributed by atoms with Crippen molar-refractivity contribution in [3.05, 3.63) is 53.9 Å². The number of amides is 1. The van der Waals surface area contributed by atoms with Crippen molar-refractivity contribution < 1.29 is 9.32 Å². The second-order valence-corrected chi connectivity index (χ2v) is 6.67. The molecule has 1 N–H and O–H groups in total. The van der Waals surface area contributed by atoms with Crippen LogP contribution in [0.25, 0.3) is 0 Å². The van der Waals surface area contributed by atoms with Crippen molar-refractivity contribution in [2.45, 2.75) is 26.4 Å². The molecule has 4 rings (SSSR count). The number of nitrogens with zero attached hydrogens (tertiary/aromatic N) is 6. The van der Waals surface area contributed by atoms with E-state index >= 15 is 0 Å². The summed E-state index contributed by atoms with van der Waals surface area (Å²) in [6, 6.07) is 5.41. The third kappa shape index (κ3) is 3.97. The summed E-state index contributed by atoms with van der Waals surface area (Å²) in [5, 5.41) is 11.5. The molecular weight excluding hydrogens is 346 g/mol. The quantitative estimate of drug-likeness (QED) is 0.733. The molecule has 0 saturated carbocycles. The van der Waals surface area contributed by atoms with Crippen LogP contribution in [0.1, 0.15) is 28.4 Å². The Hall–Kier alpha value is -3.23. The van der Waals surface area contributed by atoms with Crippen LogP contribution >= 0.6 is 0 Å². The maximum Gasteiger partial charge on any atom is 0.276 e. The van der Waals surface area contributed by atoms with Gasteiger partial charge in [0.1, 0.15) is 5.76 Å². The number of carbonyl (C=O) groups is 1. The van der Waals surface area contributed by atoms with Crippen molar-refractivity contribution in [3.8, 4) is 0 Å². The Bertz CT molecular complexity index is 905. The Morgan fingerprint density at radius 1 is 1.30 bits per heavy atom. The lowest BCUT2D eigenvalue weighted by Crippen LogP contribution is -2.34. The Morgan fingerprint density at radius 3 is 2.93 bits per heavy atom. The molecule has 9 heteroatoms. The zero-order chi connectivity index (χ0) is 18.6. The molecule has 0 spiro atoms. The first kappa shape index (κ1) is 17.2. The van der Waals surface area contributed by atoms with Gasteiger partial charge in [0.2, 0.25) is 5.95 Å². The fourth-order valence-corrected chi connectivity index (χ4v) is 3.28. The van der Waals surface area contributed by atoms with Crippen molar-refractivity contribution in [1.29, 1.82) is 0 Å². The molecule has 1 aliphatic rings. The van der Waals surface area contributed by atoms with Crippen LogP contribution in [0.5, 0.6) is 0 Å². The molecule has 0 aromatic carbocycles. The zero-order valence-electron chi connectivity index (χ0n) is 15.1. The standard InChI is InChI=1S/C18H21N7O2/c1-13-9-16(23-27-13)17(26)24-10-14(11-25-15(12-24)4-8-22-25)3-7-21-18-19-5-2-6-20-18/h2,4-6,8-9,14H,3,7,10-12H2,1H3,(H,19,20,21)/t14-/m0/s1. The van der Waals surface area contributed by atoms with E-state index in [9.17, 15) is 4.79 Å². The second-order valence-electron chi connectivity index (χ2n) is 6.67. The highest BCUT2D eigenvalue weighted by molar-refractivity contribution is 5.92. The minimum Gasteiger partial charge on any atom is -0.361 e. The van der Waals surface area contributed by atoms with Crippen LogP contribution in [0.15, 0.2) is 41.3 Å². The number of hydrogen-bond donors (Lipinski definition) is 1. The molecule has 1 aliphatic heterocycles. The molecule has 0 radical (unpaired) electrons. The van der Waals surface area contributed by atoms with E-state index in [1.54, 1.807) is 37.6 Å². The zero-order valence-corrected chi connectivity index (χ0v) is 15.1. The first-order valence-electron chi connectivity index (χ1n) is 8.93. The van der Waals surface area contributed by atoms with E-state index in [1.807, 2.05) is 15.6 Å². The highest BCUT2D eigenvalue weighted by Gasteiger charge is 2.27. The topological polar surface area (TPSA) is 102 Å². The average Bonchev–Trinajstić information content (AvgIpc) is 3.26. The predicted molar refractivity (Wildman–Crippen MR) is 96.8 cm³/mol. The number of nitrogens with one attached hydrogen (secondary N) is 1. The summed E-state index contributed by atoms with van der Waals surface area (Å²) < 4.78 is 7.04. The monoisotopic (exact) mass is 367 g/mol. The van der Waals surface area contributed by atoms with Gasteiger partial charge in [-0.1, -0.05) is 5.16 Å². The average molecular weight is 367 g/mol. The lowest BCUT2D eigenvalue weighted by Gasteiger charge is -2.23. The number of aromatic nitrogens is 5. The lowest BCUT2D eigenvalue weighted by molar-refractivity contribution is 0.0708. The van der Waals surface area contributed by atoms with E-state index in [2.05, 4.69) is 25.5 Å². The van der Waals surface area contributed by atoms with Crippen LogP contribution < -0.4 is 5.32 Å². The molecule has 4 heterocycles. The van der Waals surface area contributed by atoms with Gasteiger partial charge in [-0.3, -0.25) is 9.48 Å². The molecule has 27 heavy (non-hydrogen) atoms. The molecule has 3 aromatic heterocycles. The van der Waals surface area contributed by atoms with Crippen LogP contribution in [-0.4, -0.2) is 48.8 Å². The largest absolute Gasteiger partial charge is 0.361 e. The van der Waals surface area contributed by atoms with Crippen LogP contribution in [0, 0.1) is 12.8 Å². The summed E-state index contributed by atoms with van der Waals surface area (Å²) >= 11 is 0. The molecule has 0 saturated heterocycles. The Morgan fingerprint density at radius 2 is 2.15 bits per heavy atom. The van der Waals surface area contributed by atoms with Crippen LogP contribution in [0.3, 0.4) is 0 Å². The van der Waals surface area contributed by atoms with Gasteiger partial charge in [0, 0.05) is 44.3 Å². The number of rotatable bonds is 5. The van der Waals surface area contributed by atoms with E-state index in [4.69, 9.17) is 4.52 Å². The molecule has 9 nitrogen and oxygen atoms in total. The molecule has 0 unspecified atom stereocenters. The van der Waals surface area contributed by atoms with Gasteiger partial charge in [-0.2, -0.15) is 5.10 Å². The number of anilines is 1. The molecule has 0 aliphatic carbocycles. The molecule has 0 bridgehead atoms. The Kier molecular flexibility index (Phi) is 4.82. The highest BCUT2D eigenvalue weighted by atomic mass is 16.5. The van der Waals surface area contributed by atoms with Crippen molar-refractivity contribution in [2.24, 2.45) is 5.92 Å². The molecule has 140 valence electrons. The van der Waals surface area contributed by atoms with Gasteiger partial charge in [-0.15, -0.1) is 0 Å². The van der Waals surface area contributed by atoms with Crippen molar-refractivity contribution in [3.63, 3.8) is 0 Å². The van der Waals surface area contributed by atoms with Crippen molar-refractivity contribution in [1.82, 2.24) is 29.8 Å². The molecular formula is C18H21N7O2. The summed E-state index contributed by atoms with van der Waals surface area (Å²) in [4.78, 5) is 23.0. The molecule has 1 atom stereocenters. The fraction of sp³-hybridized carbons (Fsp3) is 0.389. The normalized spacial score (nSPS) is 16.6. The first-order valence-corrected chi connectivity index (χ1v) is 8.93. The minimum absolute atomic E-state index is 0.120. The first-order chi connectivity index (χ1) is 13.2. The third-order valence-electron chi connectivity index (χ3n) is 4.60. The molecule has 1 amide bonds. The Balaban J connectivity index is 1.46. The number of aryl methyl sites for hydroxylation is 1. The van der Waals surface area contributed by atoms with E-state index in [1.165, 1.54) is 0 Å². The van der Waals surface area contributed by atoms with Crippen LogP contribution in [0.2, 0.25) is 0 Å². The van der Waals surface area contributed by atoms with Gasteiger partial charge >= 0.3 is 0 Å². The molecule has 3 aromatic rings. The molecule has 0 fully saturated rings.